The first-order valence-corrected chi connectivity index (χ1v) is 3.51. The van der Waals surface area contributed by atoms with Crippen molar-refractivity contribution in [3.8, 4) is 0 Å². The second-order valence-electron chi connectivity index (χ2n) is 2.43. The van der Waals surface area contributed by atoms with E-state index < -0.39 is 0 Å². The lowest BCUT2D eigenvalue weighted by Gasteiger charge is -1.96. The minimum Gasteiger partial charge on any atom is -0.391 e. The van der Waals surface area contributed by atoms with Crippen LogP contribution in [0.25, 0.3) is 5.65 Å². The lowest BCUT2D eigenvalue weighted by Crippen LogP contribution is -1.99. The van der Waals surface area contributed by atoms with Crippen LogP contribution in [-0.2, 0) is 6.61 Å². The Morgan fingerprint density at radius 3 is 3.17 bits per heavy atom. The molecule has 0 amide bonds. The Morgan fingerprint density at radius 1 is 1.58 bits per heavy atom. The van der Waals surface area contributed by atoms with Crippen LogP contribution in [0.5, 0.6) is 0 Å². The van der Waals surface area contributed by atoms with Crippen LogP contribution in [0.2, 0.25) is 0 Å². The van der Waals surface area contributed by atoms with E-state index in [4.69, 9.17) is 10.8 Å². The highest BCUT2D eigenvalue weighted by Crippen LogP contribution is 2.10. The van der Waals surface area contributed by atoms with Gasteiger partial charge >= 0.3 is 0 Å². The molecule has 0 spiro atoms. The molecular formula is C7H8N4O. The Bertz CT molecular complexity index is 409. The molecule has 0 aromatic carbocycles. The number of rotatable bonds is 1. The molecule has 12 heavy (non-hydrogen) atoms. The van der Waals surface area contributed by atoms with E-state index in [1.54, 1.807) is 18.5 Å². The maximum atomic E-state index is 8.88. The highest BCUT2D eigenvalue weighted by atomic mass is 16.3. The number of aliphatic hydroxyl groups is 1. The van der Waals surface area contributed by atoms with E-state index in [-0.39, 0.29) is 6.61 Å². The second-order valence-corrected chi connectivity index (χ2v) is 2.43. The molecule has 0 aliphatic heterocycles. The summed E-state index contributed by atoms with van der Waals surface area (Å²) < 4.78 is 1.49. The quantitative estimate of drug-likeness (QED) is 0.612. The normalized spacial score (nSPS) is 10.8. The molecule has 2 aromatic heterocycles. The predicted molar refractivity (Wildman–Crippen MR) is 43.3 cm³/mol. The molecule has 2 heterocycles. The fourth-order valence-corrected chi connectivity index (χ4v) is 1.07. The van der Waals surface area contributed by atoms with Crippen LogP contribution in [0.15, 0.2) is 18.5 Å². The Balaban J connectivity index is 2.80. The van der Waals surface area contributed by atoms with Crippen LogP contribution >= 0.6 is 0 Å². The summed E-state index contributed by atoms with van der Waals surface area (Å²) in [6.07, 6.45) is 3.14. The largest absolute Gasteiger partial charge is 0.391 e. The first-order valence-electron chi connectivity index (χ1n) is 3.51. The number of nitrogen functional groups attached to an aromatic ring is 1. The van der Waals surface area contributed by atoms with Crippen molar-refractivity contribution >= 4 is 11.5 Å². The summed E-state index contributed by atoms with van der Waals surface area (Å²) >= 11 is 0. The van der Waals surface area contributed by atoms with Gasteiger partial charge < -0.3 is 10.8 Å². The number of anilines is 1. The molecule has 3 N–H and O–H groups in total. The average Bonchev–Trinajstić information content (AvgIpc) is 2.49. The summed E-state index contributed by atoms with van der Waals surface area (Å²) in [5.41, 5.74) is 6.89. The van der Waals surface area contributed by atoms with Crippen molar-refractivity contribution in [1.29, 1.82) is 0 Å². The molecule has 5 nitrogen and oxygen atoms in total. The van der Waals surface area contributed by atoms with Gasteiger partial charge in [-0.2, -0.15) is 9.61 Å². The van der Waals surface area contributed by atoms with E-state index in [1.165, 1.54) is 4.52 Å². The van der Waals surface area contributed by atoms with Crippen LogP contribution in [0.3, 0.4) is 0 Å². The van der Waals surface area contributed by atoms with Crippen LogP contribution in [0.4, 0.5) is 5.82 Å². The molecule has 2 rings (SSSR count). The van der Waals surface area contributed by atoms with Gasteiger partial charge in [0.25, 0.3) is 0 Å². The molecule has 0 aliphatic rings. The zero-order valence-corrected chi connectivity index (χ0v) is 6.31. The van der Waals surface area contributed by atoms with Crippen molar-refractivity contribution in [2.45, 2.75) is 6.61 Å². The minimum atomic E-state index is -0.0695. The molecule has 0 bridgehead atoms. The third-order valence-electron chi connectivity index (χ3n) is 1.67. The highest BCUT2D eigenvalue weighted by Gasteiger charge is 2.04. The van der Waals surface area contributed by atoms with E-state index in [0.717, 1.165) is 0 Å². The van der Waals surface area contributed by atoms with Crippen LogP contribution in [0.1, 0.15) is 5.56 Å². The summed E-state index contributed by atoms with van der Waals surface area (Å²) in [5, 5.41) is 12.8. The zero-order valence-electron chi connectivity index (χ0n) is 6.31. The van der Waals surface area contributed by atoms with Gasteiger partial charge in [0, 0.05) is 11.8 Å². The molecule has 0 fully saturated rings. The van der Waals surface area contributed by atoms with E-state index in [9.17, 15) is 0 Å². The number of hydrogen-bond donors (Lipinski definition) is 2. The lowest BCUT2D eigenvalue weighted by molar-refractivity contribution is 0.283. The van der Waals surface area contributed by atoms with Gasteiger partial charge in [-0.3, -0.25) is 0 Å². The topological polar surface area (TPSA) is 76.4 Å². The SMILES string of the molecule is Nc1ccnc2c(CO)cnn12. The van der Waals surface area contributed by atoms with E-state index >= 15 is 0 Å². The van der Waals surface area contributed by atoms with Gasteiger partial charge in [-0.1, -0.05) is 0 Å². The first-order chi connectivity index (χ1) is 5.83. The van der Waals surface area contributed by atoms with Crippen molar-refractivity contribution < 1.29 is 5.11 Å². The number of nitrogens with two attached hydrogens (primary N) is 1. The Hall–Kier alpha value is -1.62. The molecule has 0 radical (unpaired) electrons. The molecule has 62 valence electrons. The molecule has 0 saturated heterocycles. The molecule has 5 heteroatoms. The third kappa shape index (κ3) is 0.835. The van der Waals surface area contributed by atoms with Crippen molar-refractivity contribution in [2.24, 2.45) is 0 Å². The van der Waals surface area contributed by atoms with Gasteiger partial charge in [-0.25, -0.2) is 4.98 Å². The molecule has 2 aromatic rings. The summed E-state index contributed by atoms with van der Waals surface area (Å²) in [5.74, 6) is 0.514. The number of fused-ring (bicyclic) bond motifs is 1. The van der Waals surface area contributed by atoms with Gasteiger partial charge in [0.05, 0.1) is 12.8 Å². The van der Waals surface area contributed by atoms with E-state index in [1.807, 2.05) is 0 Å². The summed E-state index contributed by atoms with van der Waals surface area (Å²) in [6.45, 7) is -0.0695. The zero-order chi connectivity index (χ0) is 8.55. The maximum absolute atomic E-state index is 8.88. The molecule has 0 aliphatic carbocycles. The maximum Gasteiger partial charge on any atom is 0.162 e. The molecular weight excluding hydrogens is 156 g/mol. The summed E-state index contributed by atoms with van der Waals surface area (Å²) in [7, 11) is 0. The highest BCUT2D eigenvalue weighted by molar-refractivity contribution is 5.50. The number of nitrogens with zero attached hydrogens (tertiary/aromatic N) is 3. The van der Waals surface area contributed by atoms with Crippen molar-refractivity contribution in [2.75, 3.05) is 5.73 Å². The monoisotopic (exact) mass is 164 g/mol. The number of hydrogen-bond acceptors (Lipinski definition) is 4. The summed E-state index contributed by atoms with van der Waals surface area (Å²) in [4.78, 5) is 4.03. The first kappa shape index (κ1) is 7.05. The molecule has 0 unspecified atom stereocenters. The molecule has 0 atom stereocenters. The van der Waals surface area contributed by atoms with Gasteiger partial charge in [-0.05, 0) is 6.07 Å². The smallest absolute Gasteiger partial charge is 0.162 e. The van der Waals surface area contributed by atoms with Crippen molar-refractivity contribution in [3.05, 3.63) is 24.0 Å². The number of aromatic nitrogens is 3. The Kier molecular flexibility index (Phi) is 1.44. The van der Waals surface area contributed by atoms with Crippen LogP contribution < -0.4 is 5.73 Å². The predicted octanol–water partition coefficient (Wildman–Crippen LogP) is -0.196. The lowest BCUT2D eigenvalue weighted by atomic mass is 10.4. The second kappa shape index (κ2) is 2.46. The van der Waals surface area contributed by atoms with Gasteiger partial charge in [-0.15, -0.1) is 0 Å². The van der Waals surface area contributed by atoms with Crippen LogP contribution in [-0.4, -0.2) is 19.7 Å². The minimum absolute atomic E-state index is 0.0695. The standard InChI is InChI=1S/C7H8N4O/c8-6-1-2-9-7-5(4-12)3-10-11(6)7/h1-3,12H,4,8H2. The Labute approximate surface area is 68.5 Å². The van der Waals surface area contributed by atoms with Gasteiger partial charge in [0.2, 0.25) is 0 Å². The van der Waals surface area contributed by atoms with Crippen molar-refractivity contribution in [3.63, 3.8) is 0 Å². The van der Waals surface area contributed by atoms with E-state index in [0.29, 0.717) is 17.0 Å². The van der Waals surface area contributed by atoms with Crippen LogP contribution in [0, 0.1) is 0 Å². The average molecular weight is 164 g/mol. The fraction of sp³-hybridized carbons (Fsp3) is 0.143. The number of aliphatic hydroxyl groups excluding tert-OH is 1. The van der Waals surface area contributed by atoms with E-state index in [2.05, 4.69) is 10.1 Å². The van der Waals surface area contributed by atoms with Crippen molar-refractivity contribution in [1.82, 2.24) is 14.6 Å². The Morgan fingerprint density at radius 2 is 2.42 bits per heavy atom. The molecule has 0 saturated carbocycles. The fourth-order valence-electron chi connectivity index (χ4n) is 1.07. The third-order valence-corrected chi connectivity index (χ3v) is 1.67. The summed E-state index contributed by atoms with van der Waals surface area (Å²) in [6, 6.07) is 1.65. The van der Waals surface area contributed by atoms with Gasteiger partial charge in [0.1, 0.15) is 5.82 Å². The van der Waals surface area contributed by atoms with Gasteiger partial charge in [0.15, 0.2) is 5.65 Å².